The molecule has 3 heteroatoms. The summed E-state index contributed by atoms with van der Waals surface area (Å²) in [6.07, 6.45) is 3.95. The van der Waals surface area contributed by atoms with Gasteiger partial charge < -0.3 is 10.1 Å². The van der Waals surface area contributed by atoms with Crippen molar-refractivity contribution in [2.75, 3.05) is 32.8 Å². The van der Waals surface area contributed by atoms with Gasteiger partial charge in [-0.05, 0) is 37.6 Å². The van der Waals surface area contributed by atoms with Crippen molar-refractivity contribution >= 4 is 0 Å². The lowest BCUT2D eigenvalue weighted by atomic mass is 9.75. The predicted octanol–water partition coefficient (Wildman–Crippen LogP) is 2.12. The molecule has 0 aromatic heterocycles. The molecule has 4 atom stereocenters. The highest BCUT2D eigenvalue weighted by molar-refractivity contribution is 4.94. The second-order valence-corrected chi connectivity index (χ2v) is 6.25. The zero-order valence-electron chi connectivity index (χ0n) is 12.3. The summed E-state index contributed by atoms with van der Waals surface area (Å²) in [6, 6.07) is 1.40. The molecule has 1 heterocycles. The summed E-state index contributed by atoms with van der Waals surface area (Å²) < 4.78 is 5.50. The fourth-order valence-electron chi connectivity index (χ4n) is 3.86. The number of rotatable bonds is 4. The zero-order valence-corrected chi connectivity index (χ0v) is 12.3. The first-order chi connectivity index (χ1) is 8.72. The number of nitrogens with one attached hydrogen (secondary N) is 1. The summed E-state index contributed by atoms with van der Waals surface area (Å²) in [5, 5.41) is 3.80. The quantitative estimate of drug-likeness (QED) is 0.832. The fraction of sp³-hybridized carbons (Fsp3) is 1.00. The second kappa shape index (κ2) is 6.88. The average molecular weight is 254 g/mol. The molecule has 0 amide bonds. The molecule has 0 aromatic carbocycles. The molecule has 106 valence electrons. The van der Waals surface area contributed by atoms with E-state index in [4.69, 9.17) is 4.74 Å². The largest absolute Gasteiger partial charge is 0.379 e. The highest BCUT2D eigenvalue weighted by Crippen LogP contribution is 2.32. The molecule has 18 heavy (non-hydrogen) atoms. The standard InChI is InChI=1S/C15H30N2O/c1-4-5-16-14-11-12(2)10-13(3)15(14)17-6-8-18-9-7-17/h12-16H,4-11H2,1-3H3. The van der Waals surface area contributed by atoms with E-state index in [1.54, 1.807) is 0 Å². The van der Waals surface area contributed by atoms with Gasteiger partial charge in [0.1, 0.15) is 0 Å². The molecule has 2 aliphatic rings. The minimum Gasteiger partial charge on any atom is -0.379 e. The Morgan fingerprint density at radius 2 is 1.89 bits per heavy atom. The van der Waals surface area contributed by atoms with Gasteiger partial charge in [0.15, 0.2) is 0 Å². The van der Waals surface area contributed by atoms with E-state index in [1.807, 2.05) is 0 Å². The number of hydrogen-bond acceptors (Lipinski definition) is 3. The van der Waals surface area contributed by atoms with Gasteiger partial charge in [0, 0.05) is 25.2 Å². The number of morpholine rings is 1. The second-order valence-electron chi connectivity index (χ2n) is 6.25. The van der Waals surface area contributed by atoms with Crippen molar-refractivity contribution in [2.24, 2.45) is 11.8 Å². The molecule has 2 rings (SSSR count). The van der Waals surface area contributed by atoms with Crippen molar-refractivity contribution in [3.63, 3.8) is 0 Å². The van der Waals surface area contributed by atoms with Crippen molar-refractivity contribution < 1.29 is 4.74 Å². The van der Waals surface area contributed by atoms with Gasteiger partial charge in [-0.3, -0.25) is 4.90 Å². The minimum absolute atomic E-state index is 0.682. The first kappa shape index (κ1) is 14.3. The van der Waals surface area contributed by atoms with Crippen molar-refractivity contribution in [2.45, 2.75) is 52.1 Å². The van der Waals surface area contributed by atoms with Crippen LogP contribution in [0.3, 0.4) is 0 Å². The van der Waals surface area contributed by atoms with Crippen LogP contribution in [-0.2, 0) is 4.74 Å². The van der Waals surface area contributed by atoms with Gasteiger partial charge in [0.05, 0.1) is 13.2 Å². The fourth-order valence-corrected chi connectivity index (χ4v) is 3.86. The first-order valence-corrected chi connectivity index (χ1v) is 7.77. The van der Waals surface area contributed by atoms with E-state index in [0.29, 0.717) is 6.04 Å². The summed E-state index contributed by atoms with van der Waals surface area (Å²) >= 11 is 0. The van der Waals surface area contributed by atoms with Gasteiger partial charge in [-0.2, -0.15) is 0 Å². The Morgan fingerprint density at radius 3 is 2.56 bits per heavy atom. The van der Waals surface area contributed by atoms with E-state index >= 15 is 0 Å². The van der Waals surface area contributed by atoms with Crippen LogP contribution in [0, 0.1) is 11.8 Å². The lowest BCUT2D eigenvalue weighted by molar-refractivity contribution is -0.0212. The third kappa shape index (κ3) is 3.46. The maximum absolute atomic E-state index is 5.50. The van der Waals surface area contributed by atoms with Crippen LogP contribution >= 0.6 is 0 Å². The summed E-state index contributed by atoms with van der Waals surface area (Å²) in [5.74, 6) is 1.67. The van der Waals surface area contributed by atoms with E-state index in [-0.39, 0.29) is 0 Å². The summed E-state index contributed by atoms with van der Waals surface area (Å²) in [7, 11) is 0. The van der Waals surface area contributed by atoms with E-state index in [0.717, 1.165) is 50.7 Å². The molecule has 1 saturated carbocycles. The number of hydrogen-bond donors (Lipinski definition) is 1. The van der Waals surface area contributed by atoms with Gasteiger partial charge in [-0.15, -0.1) is 0 Å². The molecule has 1 N–H and O–H groups in total. The SMILES string of the molecule is CCCNC1CC(C)CC(C)C1N1CCOCC1. The van der Waals surface area contributed by atoms with Crippen LogP contribution in [0.4, 0.5) is 0 Å². The number of nitrogens with zero attached hydrogens (tertiary/aromatic N) is 1. The molecule has 0 radical (unpaired) electrons. The minimum atomic E-state index is 0.682. The van der Waals surface area contributed by atoms with Gasteiger partial charge in [-0.1, -0.05) is 20.8 Å². The van der Waals surface area contributed by atoms with Crippen molar-refractivity contribution in [3.05, 3.63) is 0 Å². The Kier molecular flexibility index (Phi) is 5.46. The van der Waals surface area contributed by atoms with Gasteiger partial charge in [-0.25, -0.2) is 0 Å². The van der Waals surface area contributed by atoms with E-state index in [1.165, 1.54) is 19.3 Å². The third-order valence-electron chi connectivity index (χ3n) is 4.55. The summed E-state index contributed by atoms with van der Waals surface area (Å²) in [4.78, 5) is 2.67. The van der Waals surface area contributed by atoms with Crippen LogP contribution in [0.15, 0.2) is 0 Å². The zero-order chi connectivity index (χ0) is 13.0. The third-order valence-corrected chi connectivity index (χ3v) is 4.55. The molecule has 0 spiro atoms. The molecule has 3 nitrogen and oxygen atoms in total. The molecule has 4 unspecified atom stereocenters. The Morgan fingerprint density at radius 1 is 1.17 bits per heavy atom. The van der Waals surface area contributed by atoms with Crippen LogP contribution in [0.25, 0.3) is 0 Å². The summed E-state index contributed by atoms with van der Waals surface area (Å²) in [6.45, 7) is 12.3. The van der Waals surface area contributed by atoms with Crippen LogP contribution in [0.5, 0.6) is 0 Å². The molecule has 0 bridgehead atoms. The van der Waals surface area contributed by atoms with E-state index in [9.17, 15) is 0 Å². The van der Waals surface area contributed by atoms with Crippen molar-refractivity contribution in [1.29, 1.82) is 0 Å². The molecule has 2 fully saturated rings. The van der Waals surface area contributed by atoms with Gasteiger partial charge in [0.25, 0.3) is 0 Å². The smallest absolute Gasteiger partial charge is 0.0594 e. The Bertz CT molecular complexity index is 241. The van der Waals surface area contributed by atoms with Crippen LogP contribution in [0.2, 0.25) is 0 Å². The molecular weight excluding hydrogens is 224 g/mol. The van der Waals surface area contributed by atoms with Crippen molar-refractivity contribution in [3.8, 4) is 0 Å². The van der Waals surface area contributed by atoms with Gasteiger partial charge >= 0.3 is 0 Å². The normalized spacial score (nSPS) is 38.8. The highest BCUT2D eigenvalue weighted by Gasteiger charge is 2.37. The van der Waals surface area contributed by atoms with Crippen LogP contribution < -0.4 is 5.32 Å². The Balaban J connectivity index is 2.00. The average Bonchev–Trinajstić information content (AvgIpc) is 2.36. The van der Waals surface area contributed by atoms with Gasteiger partial charge in [0.2, 0.25) is 0 Å². The Hall–Kier alpha value is -0.120. The molecular formula is C15H30N2O. The van der Waals surface area contributed by atoms with E-state index < -0.39 is 0 Å². The molecule has 1 aliphatic carbocycles. The highest BCUT2D eigenvalue weighted by atomic mass is 16.5. The lowest BCUT2D eigenvalue weighted by Gasteiger charge is -2.47. The first-order valence-electron chi connectivity index (χ1n) is 7.77. The molecule has 1 aliphatic heterocycles. The summed E-state index contributed by atoms with van der Waals surface area (Å²) in [5.41, 5.74) is 0. The molecule has 0 aromatic rings. The topological polar surface area (TPSA) is 24.5 Å². The lowest BCUT2D eigenvalue weighted by Crippen LogP contribution is -2.59. The maximum Gasteiger partial charge on any atom is 0.0594 e. The van der Waals surface area contributed by atoms with E-state index in [2.05, 4.69) is 31.0 Å². The van der Waals surface area contributed by atoms with Crippen LogP contribution in [0.1, 0.15) is 40.0 Å². The Labute approximate surface area is 112 Å². The number of ether oxygens (including phenoxy) is 1. The predicted molar refractivity (Wildman–Crippen MR) is 75.8 cm³/mol. The molecule has 1 saturated heterocycles. The monoisotopic (exact) mass is 254 g/mol. The maximum atomic E-state index is 5.50. The van der Waals surface area contributed by atoms with Crippen LogP contribution in [-0.4, -0.2) is 49.8 Å². The van der Waals surface area contributed by atoms with Crippen molar-refractivity contribution in [1.82, 2.24) is 10.2 Å².